The monoisotopic (exact) mass is 432 g/mol. The van der Waals surface area contributed by atoms with E-state index in [0.717, 1.165) is 23.6 Å². The zero-order valence-electron chi connectivity index (χ0n) is 18.7. The number of rotatable bonds is 8. The van der Waals surface area contributed by atoms with Crippen molar-refractivity contribution in [3.63, 3.8) is 0 Å². The third-order valence-electron chi connectivity index (χ3n) is 6.36. The van der Waals surface area contributed by atoms with Gasteiger partial charge in [0.1, 0.15) is 0 Å². The predicted molar refractivity (Wildman–Crippen MR) is 128 cm³/mol. The summed E-state index contributed by atoms with van der Waals surface area (Å²) < 4.78 is 1.94. The summed E-state index contributed by atoms with van der Waals surface area (Å²) in [4.78, 5) is 17.8. The molecule has 32 heavy (non-hydrogen) atoms. The van der Waals surface area contributed by atoms with Crippen molar-refractivity contribution >= 4 is 17.5 Å². The molecule has 2 aromatic carbocycles. The van der Waals surface area contributed by atoms with Gasteiger partial charge in [-0.2, -0.15) is 0 Å². The van der Waals surface area contributed by atoms with Crippen molar-refractivity contribution in [2.24, 2.45) is 5.92 Å². The van der Waals surface area contributed by atoms with Crippen LogP contribution in [-0.2, 0) is 6.54 Å². The van der Waals surface area contributed by atoms with Gasteiger partial charge in [0, 0.05) is 30.7 Å². The van der Waals surface area contributed by atoms with Crippen molar-refractivity contribution in [1.29, 1.82) is 0 Å². The number of nitrogens with one attached hydrogen (secondary N) is 1. The highest BCUT2D eigenvalue weighted by Gasteiger charge is 2.21. The van der Waals surface area contributed by atoms with Crippen LogP contribution in [0.25, 0.3) is 5.69 Å². The number of carbonyl (C=O) groups is 1. The highest BCUT2D eigenvalue weighted by atomic mass is 16.4. The van der Waals surface area contributed by atoms with Gasteiger partial charge in [0.2, 0.25) is 0 Å². The van der Waals surface area contributed by atoms with Gasteiger partial charge in [0.25, 0.3) is 0 Å². The number of aromatic nitrogens is 2. The fourth-order valence-electron chi connectivity index (χ4n) is 4.72. The van der Waals surface area contributed by atoms with Crippen molar-refractivity contribution in [2.75, 3.05) is 4.90 Å². The number of benzene rings is 2. The largest absolute Gasteiger partial charge is 0.464 e. The first-order chi connectivity index (χ1) is 15.6. The van der Waals surface area contributed by atoms with Crippen LogP contribution in [0.4, 0.5) is 16.2 Å². The van der Waals surface area contributed by atoms with Crippen molar-refractivity contribution in [3.8, 4) is 5.69 Å². The van der Waals surface area contributed by atoms with Crippen LogP contribution in [0.5, 0.6) is 0 Å². The van der Waals surface area contributed by atoms with Gasteiger partial charge >= 0.3 is 6.09 Å². The number of nitrogens with zero attached hydrogens (tertiary/aromatic N) is 3. The Kier molecular flexibility index (Phi) is 7.22. The molecule has 4 rings (SSSR count). The topological polar surface area (TPSA) is 70.4 Å². The third-order valence-corrected chi connectivity index (χ3v) is 6.36. The lowest BCUT2D eigenvalue weighted by molar-refractivity contribution is 0.204. The molecule has 0 bridgehead atoms. The van der Waals surface area contributed by atoms with Crippen LogP contribution in [0.2, 0.25) is 0 Å². The van der Waals surface area contributed by atoms with Crippen LogP contribution in [-0.4, -0.2) is 26.8 Å². The molecule has 1 atom stereocenters. The maximum absolute atomic E-state index is 12.3. The van der Waals surface area contributed by atoms with E-state index >= 15 is 0 Å². The van der Waals surface area contributed by atoms with Gasteiger partial charge in [0.05, 0.1) is 17.7 Å². The van der Waals surface area contributed by atoms with Gasteiger partial charge in [-0.3, -0.25) is 0 Å². The zero-order chi connectivity index (χ0) is 22.3. The molecule has 2 N–H and O–H groups in total. The molecule has 1 saturated carbocycles. The molecule has 1 fully saturated rings. The quantitative estimate of drug-likeness (QED) is 0.449. The Morgan fingerprint density at radius 1 is 1.19 bits per heavy atom. The minimum absolute atomic E-state index is 0.373. The van der Waals surface area contributed by atoms with Crippen molar-refractivity contribution in [2.45, 2.75) is 58.0 Å². The van der Waals surface area contributed by atoms with Crippen molar-refractivity contribution < 1.29 is 9.90 Å². The Morgan fingerprint density at radius 2 is 1.97 bits per heavy atom. The molecule has 3 aromatic rings. The number of anilines is 2. The SMILES string of the molecule is CC(CC1CCCCC1)NCc1cc(-n2ccnc2)ccc1N(C(=O)O)c1ccccc1. The summed E-state index contributed by atoms with van der Waals surface area (Å²) in [6, 6.07) is 15.5. The lowest BCUT2D eigenvalue weighted by Crippen LogP contribution is -2.30. The predicted octanol–water partition coefficient (Wildman–Crippen LogP) is 6.14. The molecule has 0 radical (unpaired) electrons. The fourth-order valence-corrected chi connectivity index (χ4v) is 4.72. The molecule has 0 spiro atoms. The Labute approximate surface area is 189 Å². The number of amides is 1. The number of imidazole rings is 1. The lowest BCUT2D eigenvalue weighted by atomic mass is 9.85. The maximum atomic E-state index is 12.3. The molecular formula is C26H32N4O2. The highest BCUT2D eigenvalue weighted by molar-refractivity contribution is 5.95. The average molecular weight is 433 g/mol. The second-order valence-corrected chi connectivity index (χ2v) is 8.76. The smallest absolute Gasteiger partial charge is 0.416 e. The van der Waals surface area contributed by atoms with Crippen molar-refractivity contribution in [3.05, 3.63) is 72.8 Å². The van der Waals surface area contributed by atoms with E-state index in [1.807, 2.05) is 53.2 Å². The van der Waals surface area contributed by atoms with E-state index in [0.29, 0.717) is 24.0 Å². The van der Waals surface area contributed by atoms with Gasteiger partial charge in [-0.05, 0) is 55.2 Å². The Hall–Kier alpha value is -3.12. The third kappa shape index (κ3) is 5.37. The standard InChI is InChI=1S/C26H32N4O2/c1-20(16-21-8-4-2-5-9-21)28-18-22-17-24(29-15-14-27-19-29)12-13-25(22)30(26(31)32)23-10-6-3-7-11-23/h3,6-7,10-15,17,19-21,28H,2,4-5,8-9,16,18H2,1H3,(H,31,32). The van der Waals surface area contributed by atoms with E-state index in [2.05, 4.69) is 23.3 Å². The first-order valence-corrected chi connectivity index (χ1v) is 11.5. The molecular weight excluding hydrogens is 400 g/mol. The second-order valence-electron chi connectivity index (χ2n) is 8.76. The van der Waals surface area contributed by atoms with E-state index in [9.17, 15) is 9.90 Å². The first kappa shape index (κ1) is 22.1. The molecule has 6 heteroatoms. The zero-order valence-corrected chi connectivity index (χ0v) is 18.7. The summed E-state index contributed by atoms with van der Waals surface area (Å²) in [6.07, 6.45) is 12.3. The Bertz CT molecular complexity index is 998. The number of hydrogen-bond donors (Lipinski definition) is 2. The van der Waals surface area contributed by atoms with Crippen LogP contribution in [0.15, 0.2) is 67.3 Å². The molecule has 1 aliphatic rings. The maximum Gasteiger partial charge on any atom is 0.416 e. The van der Waals surface area contributed by atoms with E-state index in [-0.39, 0.29) is 0 Å². The first-order valence-electron chi connectivity index (χ1n) is 11.5. The van der Waals surface area contributed by atoms with Crippen LogP contribution in [0.3, 0.4) is 0 Å². The summed E-state index contributed by atoms with van der Waals surface area (Å²) in [7, 11) is 0. The normalized spacial score (nSPS) is 15.4. The van der Waals surface area contributed by atoms with E-state index in [4.69, 9.17) is 0 Å². The number of hydrogen-bond acceptors (Lipinski definition) is 3. The van der Waals surface area contributed by atoms with Gasteiger partial charge in [-0.15, -0.1) is 0 Å². The molecule has 1 aliphatic carbocycles. The minimum atomic E-state index is -0.997. The van der Waals surface area contributed by atoms with Crippen LogP contribution in [0.1, 0.15) is 51.0 Å². The average Bonchev–Trinajstić information content (AvgIpc) is 3.35. The van der Waals surface area contributed by atoms with Crippen LogP contribution < -0.4 is 10.2 Å². The van der Waals surface area contributed by atoms with Gasteiger partial charge in [-0.25, -0.2) is 14.7 Å². The van der Waals surface area contributed by atoms with Crippen LogP contribution >= 0.6 is 0 Å². The molecule has 0 aliphatic heterocycles. The molecule has 6 nitrogen and oxygen atoms in total. The van der Waals surface area contributed by atoms with Gasteiger partial charge in [-0.1, -0.05) is 50.3 Å². The lowest BCUT2D eigenvalue weighted by Gasteiger charge is -2.27. The molecule has 1 unspecified atom stereocenters. The molecule has 1 amide bonds. The summed E-state index contributed by atoms with van der Waals surface area (Å²) in [5.41, 5.74) is 3.20. The summed E-state index contributed by atoms with van der Waals surface area (Å²) >= 11 is 0. The van der Waals surface area contributed by atoms with Gasteiger partial charge in [0.15, 0.2) is 0 Å². The minimum Gasteiger partial charge on any atom is -0.464 e. The molecule has 1 aromatic heterocycles. The van der Waals surface area contributed by atoms with Crippen molar-refractivity contribution in [1.82, 2.24) is 14.9 Å². The van der Waals surface area contributed by atoms with E-state index < -0.39 is 6.09 Å². The van der Waals surface area contributed by atoms with Crippen LogP contribution in [0, 0.1) is 5.92 Å². The number of carboxylic acid groups (broad SMARTS) is 1. The van der Waals surface area contributed by atoms with E-state index in [1.54, 1.807) is 12.5 Å². The van der Waals surface area contributed by atoms with E-state index in [1.165, 1.54) is 37.0 Å². The summed E-state index contributed by atoms with van der Waals surface area (Å²) in [5, 5.41) is 13.7. The molecule has 0 saturated heterocycles. The fraction of sp³-hybridized carbons (Fsp3) is 0.385. The summed E-state index contributed by atoms with van der Waals surface area (Å²) in [5.74, 6) is 0.794. The Morgan fingerprint density at radius 3 is 2.66 bits per heavy atom. The summed E-state index contributed by atoms with van der Waals surface area (Å²) in [6.45, 7) is 2.84. The Balaban J connectivity index is 1.60. The van der Waals surface area contributed by atoms with Gasteiger partial charge < -0.3 is 15.0 Å². The molecule has 168 valence electrons. The molecule has 1 heterocycles. The highest BCUT2D eigenvalue weighted by Crippen LogP contribution is 2.31. The number of para-hydroxylation sites is 1. The second kappa shape index (κ2) is 10.5.